The molecule has 0 amide bonds. The van der Waals surface area contributed by atoms with Crippen molar-refractivity contribution >= 4 is 28.1 Å². The molecule has 0 spiro atoms. The van der Waals surface area contributed by atoms with Crippen LogP contribution in [0.4, 0.5) is 20.4 Å². The Bertz CT molecular complexity index is 1800. The number of hydrogen-bond donors (Lipinski definition) is 0. The van der Waals surface area contributed by atoms with Crippen molar-refractivity contribution in [2.45, 2.75) is 57.7 Å². The van der Waals surface area contributed by atoms with E-state index in [9.17, 15) is 0 Å². The molecule has 9 nitrogen and oxygen atoms in total. The van der Waals surface area contributed by atoms with Crippen LogP contribution in [0.3, 0.4) is 0 Å². The summed E-state index contributed by atoms with van der Waals surface area (Å²) in [6.07, 6.45) is 9.95. The summed E-state index contributed by atoms with van der Waals surface area (Å²) in [5, 5.41) is 5.24. The normalized spacial score (nSPS) is 18.0. The van der Waals surface area contributed by atoms with Crippen molar-refractivity contribution in [3.8, 4) is 6.01 Å². The molecule has 0 N–H and O–H groups in total. The van der Waals surface area contributed by atoms with Gasteiger partial charge in [0.25, 0.3) is 0 Å². The highest BCUT2D eigenvalue weighted by Gasteiger charge is 2.45. The molecule has 4 aromatic rings. The van der Waals surface area contributed by atoms with Gasteiger partial charge in [0.05, 0.1) is 23.2 Å². The third-order valence-corrected chi connectivity index (χ3v) is 9.71. The number of pyridine rings is 1. The van der Waals surface area contributed by atoms with E-state index in [-0.39, 0.29) is 28.3 Å². The van der Waals surface area contributed by atoms with Gasteiger partial charge in [0.1, 0.15) is 35.3 Å². The summed E-state index contributed by atoms with van der Waals surface area (Å²) < 4.78 is 40.5. The van der Waals surface area contributed by atoms with Gasteiger partial charge >= 0.3 is 6.01 Å². The first-order valence-electron chi connectivity index (χ1n) is 16.1. The van der Waals surface area contributed by atoms with Crippen molar-refractivity contribution < 1.29 is 13.5 Å². The summed E-state index contributed by atoms with van der Waals surface area (Å²) >= 11 is 0. The Morgan fingerprint density at radius 3 is 2.63 bits per heavy atom. The number of benzene rings is 1. The summed E-state index contributed by atoms with van der Waals surface area (Å²) in [4.78, 5) is 20.8. The Kier molecular flexibility index (Phi) is 7.96. The quantitative estimate of drug-likeness (QED) is 0.224. The van der Waals surface area contributed by atoms with E-state index in [2.05, 4.69) is 32.4 Å². The molecule has 0 aliphatic carbocycles. The van der Waals surface area contributed by atoms with E-state index in [0.29, 0.717) is 42.0 Å². The zero-order valence-electron chi connectivity index (χ0n) is 26.8. The second kappa shape index (κ2) is 12.1. The molecule has 0 unspecified atom stereocenters. The van der Waals surface area contributed by atoms with Crippen LogP contribution in [0.1, 0.15) is 54.6 Å². The summed E-state index contributed by atoms with van der Waals surface area (Å²) in [7, 11) is 3.95. The van der Waals surface area contributed by atoms with Crippen LogP contribution >= 0.6 is 0 Å². The van der Waals surface area contributed by atoms with Crippen molar-refractivity contribution in [3.63, 3.8) is 0 Å². The third kappa shape index (κ3) is 5.30. The van der Waals surface area contributed by atoms with Gasteiger partial charge in [0.15, 0.2) is 5.82 Å². The lowest BCUT2D eigenvalue weighted by atomic mass is 9.95. The number of allylic oxidation sites excluding steroid dienone is 2. The van der Waals surface area contributed by atoms with E-state index in [4.69, 9.17) is 14.8 Å². The second-order valence-electron chi connectivity index (χ2n) is 12.9. The van der Waals surface area contributed by atoms with Crippen LogP contribution in [0.25, 0.3) is 16.5 Å². The molecule has 2 fully saturated rings. The monoisotopic (exact) mass is 626 g/mol. The van der Waals surface area contributed by atoms with Crippen LogP contribution in [0.15, 0.2) is 49.2 Å². The molecule has 3 aromatic heterocycles. The highest BCUT2D eigenvalue weighted by Crippen LogP contribution is 2.40. The molecule has 0 radical (unpaired) electrons. The van der Waals surface area contributed by atoms with Crippen LogP contribution in [0, 0.1) is 18.6 Å². The van der Waals surface area contributed by atoms with Gasteiger partial charge in [-0.15, -0.1) is 0 Å². The van der Waals surface area contributed by atoms with Gasteiger partial charge in [0, 0.05) is 50.6 Å². The molecule has 3 aliphatic rings. The van der Waals surface area contributed by atoms with Gasteiger partial charge in [-0.2, -0.15) is 15.1 Å². The fourth-order valence-electron chi connectivity index (χ4n) is 7.39. The van der Waals surface area contributed by atoms with Crippen molar-refractivity contribution in [2.24, 2.45) is 0 Å². The van der Waals surface area contributed by atoms with Crippen LogP contribution in [-0.4, -0.2) is 75.5 Å². The minimum Gasteiger partial charge on any atom is -0.461 e. The van der Waals surface area contributed by atoms with E-state index in [0.717, 1.165) is 63.3 Å². The van der Waals surface area contributed by atoms with Crippen molar-refractivity contribution in [1.82, 2.24) is 29.6 Å². The van der Waals surface area contributed by atoms with E-state index >= 15 is 8.78 Å². The first-order valence-corrected chi connectivity index (χ1v) is 16.1. The fourth-order valence-corrected chi connectivity index (χ4v) is 7.39. The lowest BCUT2D eigenvalue weighted by Crippen LogP contribution is -2.43. The minimum absolute atomic E-state index is 0.00266. The predicted octanol–water partition coefficient (Wildman–Crippen LogP) is 5.91. The SMILES string of the molecule is C=C/C=C(/c1ncc2c(N3CCCn4nc(N(C)C)cc4C3)nc(OCC34CCCN3CCC4)nc2c1F)c1c(C)cccc1F. The molecule has 1 aromatic carbocycles. The molecule has 2 saturated heterocycles. The Labute approximate surface area is 268 Å². The lowest BCUT2D eigenvalue weighted by molar-refractivity contribution is 0.108. The van der Waals surface area contributed by atoms with Crippen molar-refractivity contribution in [1.29, 1.82) is 0 Å². The molecule has 0 saturated carbocycles. The highest BCUT2D eigenvalue weighted by atomic mass is 19.1. The molecule has 0 bridgehead atoms. The number of hydrogen-bond acceptors (Lipinski definition) is 8. The second-order valence-corrected chi connectivity index (χ2v) is 12.9. The summed E-state index contributed by atoms with van der Waals surface area (Å²) in [5.74, 6) is 0.324. The van der Waals surface area contributed by atoms with Crippen LogP contribution in [-0.2, 0) is 13.1 Å². The Hall–Kier alpha value is -4.38. The Balaban J connectivity index is 1.35. The molecular weight excluding hydrogens is 586 g/mol. The Morgan fingerprint density at radius 2 is 1.89 bits per heavy atom. The maximum absolute atomic E-state index is 16.8. The molecule has 11 heteroatoms. The van der Waals surface area contributed by atoms with Crippen LogP contribution < -0.4 is 14.5 Å². The largest absolute Gasteiger partial charge is 0.461 e. The van der Waals surface area contributed by atoms with Gasteiger partial charge < -0.3 is 14.5 Å². The third-order valence-electron chi connectivity index (χ3n) is 9.71. The zero-order chi connectivity index (χ0) is 32.0. The highest BCUT2D eigenvalue weighted by molar-refractivity contribution is 5.93. The number of halogens is 2. The van der Waals surface area contributed by atoms with Crippen molar-refractivity contribution in [3.05, 3.63) is 83.3 Å². The summed E-state index contributed by atoms with van der Waals surface area (Å²) in [5.41, 5.74) is 2.34. The Morgan fingerprint density at radius 1 is 1.09 bits per heavy atom. The van der Waals surface area contributed by atoms with E-state index in [1.54, 1.807) is 31.3 Å². The number of aromatic nitrogens is 5. The average Bonchev–Trinajstić information content (AvgIpc) is 3.70. The molecule has 0 atom stereocenters. The lowest BCUT2D eigenvalue weighted by Gasteiger charge is -2.31. The van der Waals surface area contributed by atoms with E-state index in [1.165, 1.54) is 12.1 Å². The number of anilines is 2. The standard InChI is InChI=1S/C35H40F2N8O/c1-5-10-25(29-23(2)11-6-12-27(29)36)31-30(37)32-26(20-38-31)33(43-15-9-18-45-24(21-43)19-28(41-45)42(3)4)40-34(39-32)46-22-35-13-7-16-44(35)17-8-14-35/h5-6,10-12,19-20H,1,7-9,13-18,21-22H2,2-4H3/b25-10+. The molecule has 3 aliphatic heterocycles. The first kappa shape index (κ1) is 30.3. The number of rotatable bonds is 8. The number of fused-ring (bicyclic) bond motifs is 3. The average molecular weight is 627 g/mol. The molecule has 46 heavy (non-hydrogen) atoms. The van der Waals surface area contributed by atoms with Gasteiger partial charge in [0.2, 0.25) is 0 Å². The number of aryl methyl sites for hydroxylation is 2. The molecule has 240 valence electrons. The number of ether oxygens (including phenoxy) is 1. The van der Waals surface area contributed by atoms with E-state index < -0.39 is 11.6 Å². The van der Waals surface area contributed by atoms with E-state index in [1.807, 2.05) is 23.7 Å². The maximum Gasteiger partial charge on any atom is 0.319 e. The van der Waals surface area contributed by atoms with Gasteiger partial charge in [-0.05, 0) is 63.7 Å². The molecule has 7 rings (SSSR count). The zero-order valence-corrected chi connectivity index (χ0v) is 26.8. The molecule has 6 heterocycles. The smallest absolute Gasteiger partial charge is 0.319 e. The minimum atomic E-state index is -0.655. The topological polar surface area (TPSA) is 75.4 Å². The van der Waals surface area contributed by atoms with Gasteiger partial charge in [-0.1, -0.05) is 30.9 Å². The number of nitrogens with zero attached hydrogens (tertiary/aromatic N) is 8. The summed E-state index contributed by atoms with van der Waals surface area (Å²) in [6, 6.07) is 7.01. The van der Waals surface area contributed by atoms with Crippen molar-refractivity contribution in [2.75, 3.05) is 50.1 Å². The van der Waals surface area contributed by atoms with Gasteiger partial charge in [-0.25, -0.2) is 8.78 Å². The van der Waals surface area contributed by atoms with Gasteiger partial charge in [-0.3, -0.25) is 14.6 Å². The van der Waals surface area contributed by atoms with Crippen LogP contribution in [0.5, 0.6) is 6.01 Å². The predicted molar refractivity (Wildman–Crippen MR) is 176 cm³/mol. The maximum atomic E-state index is 16.8. The summed E-state index contributed by atoms with van der Waals surface area (Å²) in [6.45, 7) is 10.2. The molecular formula is C35H40F2N8O. The first-order chi connectivity index (χ1) is 22.3. The fraction of sp³-hybridized carbons (Fsp3) is 0.429. The van der Waals surface area contributed by atoms with Crippen LogP contribution in [0.2, 0.25) is 0 Å².